The molecule has 4 heteroatoms. The van der Waals surface area contributed by atoms with Crippen molar-refractivity contribution < 1.29 is 13.0 Å². The molecule has 0 saturated heterocycles. The molecule has 0 saturated carbocycles. The van der Waals surface area contributed by atoms with Crippen molar-refractivity contribution >= 4 is 10.1 Å². The summed E-state index contributed by atoms with van der Waals surface area (Å²) in [5, 5.41) is 0. The minimum absolute atomic E-state index is 0.00981. The van der Waals surface area contributed by atoms with E-state index in [0.29, 0.717) is 12.3 Å². The Kier molecular flexibility index (Phi) is 2.15. The lowest BCUT2D eigenvalue weighted by Gasteiger charge is -2.08. The molecule has 62 valence electrons. The lowest BCUT2D eigenvalue weighted by molar-refractivity contribution is 0.491. The summed E-state index contributed by atoms with van der Waals surface area (Å²) in [4.78, 5) is 0.00981. The van der Waals surface area contributed by atoms with Crippen molar-refractivity contribution in [2.75, 3.05) is 0 Å². The third kappa shape index (κ3) is 2.17. The third-order valence-electron chi connectivity index (χ3n) is 1.58. The molecule has 0 aromatic rings. The average Bonchev–Trinajstić information content (AvgIpc) is 1.86. The molecular formula is C7H10O3S. The molecular weight excluding hydrogens is 164 g/mol. The monoisotopic (exact) mass is 174 g/mol. The van der Waals surface area contributed by atoms with Crippen molar-refractivity contribution in [3.63, 3.8) is 0 Å². The van der Waals surface area contributed by atoms with Gasteiger partial charge in [0.05, 0.1) is 4.91 Å². The van der Waals surface area contributed by atoms with Crippen LogP contribution < -0.4 is 0 Å². The fourth-order valence-corrected chi connectivity index (χ4v) is 1.46. The second-order valence-electron chi connectivity index (χ2n) is 2.65. The van der Waals surface area contributed by atoms with Crippen molar-refractivity contribution in [1.29, 1.82) is 0 Å². The van der Waals surface area contributed by atoms with Crippen LogP contribution >= 0.6 is 0 Å². The van der Waals surface area contributed by atoms with E-state index in [1.165, 1.54) is 12.2 Å². The zero-order chi connectivity index (χ0) is 8.48. The second kappa shape index (κ2) is 2.79. The van der Waals surface area contributed by atoms with E-state index in [9.17, 15) is 8.42 Å². The summed E-state index contributed by atoms with van der Waals surface area (Å²) in [6.45, 7) is 1.98. The summed E-state index contributed by atoms with van der Waals surface area (Å²) in [6, 6.07) is 0. The van der Waals surface area contributed by atoms with Crippen molar-refractivity contribution in [3.05, 3.63) is 23.1 Å². The molecule has 0 bridgehead atoms. The van der Waals surface area contributed by atoms with Gasteiger partial charge in [-0.15, -0.1) is 0 Å². The second-order valence-corrected chi connectivity index (χ2v) is 4.08. The number of rotatable bonds is 1. The molecule has 0 fully saturated rings. The smallest absolute Gasteiger partial charge is 0.282 e. The summed E-state index contributed by atoms with van der Waals surface area (Å²) in [5.41, 5.74) is 0. The summed E-state index contributed by atoms with van der Waals surface area (Å²) in [6.07, 6.45) is 5.40. The van der Waals surface area contributed by atoms with Crippen LogP contribution in [0.15, 0.2) is 23.1 Å². The van der Waals surface area contributed by atoms with Gasteiger partial charge in [-0.2, -0.15) is 8.42 Å². The normalized spacial score (nSPS) is 24.9. The third-order valence-corrected chi connectivity index (χ3v) is 2.48. The highest BCUT2D eigenvalue weighted by atomic mass is 32.2. The maximum atomic E-state index is 10.5. The highest BCUT2D eigenvalue weighted by Crippen LogP contribution is 2.18. The fraction of sp³-hybridized carbons (Fsp3) is 0.429. The molecule has 1 aliphatic carbocycles. The van der Waals surface area contributed by atoms with E-state index in [4.69, 9.17) is 4.55 Å². The molecule has 0 spiro atoms. The van der Waals surface area contributed by atoms with E-state index in [2.05, 4.69) is 0 Å². The highest BCUT2D eigenvalue weighted by molar-refractivity contribution is 7.90. The zero-order valence-corrected chi connectivity index (χ0v) is 7.00. The first-order chi connectivity index (χ1) is 5.00. The molecule has 1 atom stereocenters. The Balaban J connectivity index is 2.89. The molecule has 1 rings (SSSR count). The van der Waals surface area contributed by atoms with E-state index in [1.54, 1.807) is 6.08 Å². The van der Waals surface area contributed by atoms with Gasteiger partial charge in [0.2, 0.25) is 0 Å². The van der Waals surface area contributed by atoms with Gasteiger partial charge < -0.3 is 0 Å². The lowest BCUT2D eigenvalue weighted by Crippen LogP contribution is -2.04. The van der Waals surface area contributed by atoms with Crippen LogP contribution in [0.3, 0.4) is 0 Å². The van der Waals surface area contributed by atoms with Crippen molar-refractivity contribution in [2.24, 2.45) is 5.92 Å². The molecule has 0 heterocycles. The van der Waals surface area contributed by atoms with Gasteiger partial charge in [0.15, 0.2) is 0 Å². The van der Waals surface area contributed by atoms with Gasteiger partial charge >= 0.3 is 0 Å². The summed E-state index contributed by atoms with van der Waals surface area (Å²) in [5.74, 6) is 0.362. The fourth-order valence-electron chi connectivity index (χ4n) is 0.899. The summed E-state index contributed by atoms with van der Waals surface area (Å²) >= 11 is 0. The van der Waals surface area contributed by atoms with Gasteiger partial charge in [-0.1, -0.05) is 19.1 Å². The van der Waals surface area contributed by atoms with Gasteiger partial charge in [0.25, 0.3) is 10.1 Å². The average molecular weight is 174 g/mol. The van der Waals surface area contributed by atoms with Gasteiger partial charge in [-0.3, -0.25) is 4.55 Å². The van der Waals surface area contributed by atoms with Crippen LogP contribution in [0.25, 0.3) is 0 Å². The Hall–Kier alpha value is -0.610. The first-order valence-electron chi connectivity index (χ1n) is 3.36. The van der Waals surface area contributed by atoms with Gasteiger partial charge in [-0.25, -0.2) is 0 Å². The quantitative estimate of drug-likeness (QED) is 0.610. The first kappa shape index (κ1) is 8.49. The minimum atomic E-state index is -3.97. The van der Waals surface area contributed by atoms with Crippen LogP contribution in [0, 0.1) is 5.92 Å². The van der Waals surface area contributed by atoms with E-state index >= 15 is 0 Å². The molecule has 0 aromatic carbocycles. The Morgan fingerprint density at radius 3 is 2.64 bits per heavy atom. The van der Waals surface area contributed by atoms with Crippen LogP contribution in [0.4, 0.5) is 0 Å². The van der Waals surface area contributed by atoms with Crippen LogP contribution in [0.2, 0.25) is 0 Å². The molecule has 1 N–H and O–H groups in total. The highest BCUT2D eigenvalue weighted by Gasteiger charge is 2.13. The van der Waals surface area contributed by atoms with Crippen molar-refractivity contribution in [1.82, 2.24) is 0 Å². The Morgan fingerprint density at radius 2 is 2.27 bits per heavy atom. The number of hydrogen-bond donors (Lipinski definition) is 1. The van der Waals surface area contributed by atoms with Crippen molar-refractivity contribution in [2.45, 2.75) is 13.3 Å². The molecule has 0 aromatic heterocycles. The van der Waals surface area contributed by atoms with E-state index < -0.39 is 10.1 Å². The van der Waals surface area contributed by atoms with E-state index in [1.807, 2.05) is 6.92 Å². The maximum absolute atomic E-state index is 10.5. The Bertz CT molecular complexity index is 298. The van der Waals surface area contributed by atoms with Gasteiger partial charge in [0.1, 0.15) is 0 Å². The predicted octanol–water partition coefficient (Wildman–Crippen LogP) is 1.35. The van der Waals surface area contributed by atoms with Gasteiger partial charge in [0, 0.05) is 0 Å². The maximum Gasteiger partial charge on any atom is 0.294 e. The Morgan fingerprint density at radius 1 is 1.64 bits per heavy atom. The molecule has 11 heavy (non-hydrogen) atoms. The summed E-state index contributed by atoms with van der Waals surface area (Å²) < 4.78 is 29.6. The van der Waals surface area contributed by atoms with Gasteiger partial charge in [-0.05, 0) is 18.4 Å². The SMILES string of the molecule is CC1C=CC(S(=O)(=O)O)=CC1. The molecule has 3 nitrogen and oxygen atoms in total. The molecule has 0 amide bonds. The zero-order valence-electron chi connectivity index (χ0n) is 6.19. The largest absolute Gasteiger partial charge is 0.294 e. The minimum Gasteiger partial charge on any atom is -0.282 e. The van der Waals surface area contributed by atoms with E-state index in [-0.39, 0.29) is 4.91 Å². The predicted molar refractivity (Wildman–Crippen MR) is 42.6 cm³/mol. The van der Waals surface area contributed by atoms with E-state index in [0.717, 1.165) is 0 Å². The molecule has 1 unspecified atom stereocenters. The van der Waals surface area contributed by atoms with Crippen LogP contribution in [0.1, 0.15) is 13.3 Å². The van der Waals surface area contributed by atoms with Crippen LogP contribution in [-0.2, 0) is 10.1 Å². The molecule has 1 aliphatic rings. The Labute approximate surface area is 66.2 Å². The van der Waals surface area contributed by atoms with Crippen LogP contribution in [0.5, 0.6) is 0 Å². The first-order valence-corrected chi connectivity index (χ1v) is 4.80. The topological polar surface area (TPSA) is 54.4 Å². The molecule has 0 radical (unpaired) electrons. The molecule has 0 aliphatic heterocycles. The van der Waals surface area contributed by atoms with Crippen molar-refractivity contribution in [3.8, 4) is 0 Å². The summed E-state index contributed by atoms with van der Waals surface area (Å²) in [7, 11) is -3.97. The standard InChI is InChI=1S/C7H10O3S/c1-6-2-4-7(5-3-6)11(8,9)10/h2,4-6H,3H2,1H3,(H,8,9,10). The number of allylic oxidation sites excluding steroid dienone is 3. The van der Waals surface area contributed by atoms with Crippen LogP contribution in [-0.4, -0.2) is 13.0 Å². The number of hydrogen-bond acceptors (Lipinski definition) is 2. The lowest BCUT2D eigenvalue weighted by atomic mass is 10.0.